The minimum Gasteiger partial charge on any atom is -0.330 e. The van der Waals surface area contributed by atoms with Crippen molar-refractivity contribution in [2.24, 2.45) is 5.73 Å². The van der Waals surface area contributed by atoms with E-state index in [0.29, 0.717) is 6.42 Å². The van der Waals surface area contributed by atoms with Gasteiger partial charge in [-0.2, -0.15) is 0 Å². The number of carbonyl (C=O) groups is 1. The maximum absolute atomic E-state index is 10.6. The summed E-state index contributed by atoms with van der Waals surface area (Å²) in [5.41, 5.74) is 5.31. The molecule has 0 saturated heterocycles. The minimum absolute atomic E-state index is 0.108. The van der Waals surface area contributed by atoms with Crippen LogP contribution in [-0.4, -0.2) is 12.1 Å². The Bertz CT molecular complexity index is 170. The number of carbonyl (C=O) groups excluding carboxylic acids is 1. The summed E-state index contributed by atoms with van der Waals surface area (Å²) in [7, 11) is 0. The van der Waals surface area contributed by atoms with Crippen molar-refractivity contribution in [1.29, 1.82) is 0 Å². The molecular weight excluding hydrogens is 148 g/mol. The number of nitrogens with two attached hydrogens (primary N) is 1. The number of amides is 1. The van der Waals surface area contributed by atoms with Crippen LogP contribution in [0.1, 0.15) is 13.3 Å². The van der Waals surface area contributed by atoms with Gasteiger partial charge in [0.05, 0.1) is 0 Å². The summed E-state index contributed by atoms with van der Waals surface area (Å²) >= 11 is 3.62. The van der Waals surface area contributed by atoms with E-state index in [1.165, 1.54) is 0 Å². The minimum atomic E-state index is -0.593. The average Bonchev–Trinajstić information content (AvgIpc) is 1.88. The lowest BCUT2D eigenvalue weighted by molar-refractivity contribution is -0.121. The van der Waals surface area contributed by atoms with Gasteiger partial charge in [0, 0.05) is 6.42 Å². The number of thiol groups is 1. The average molecular weight is 158 g/mol. The van der Waals surface area contributed by atoms with Crippen LogP contribution in [0.5, 0.6) is 0 Å². The van der Waals surface area contributed by atoms with Gasteiger partial charge >= 0.3 is 0 Å². The van der Waals surface area contributed by atoms with Crippen molar-refractivity contribution in [1.82, 2.24) is 5.32 Å². The molecule has 0 saturated carbocycles. The van der Waals surface area contributed by atoms with Crippen LogP contribution in [0.25, 0.3) is 0 Å². The first kappa shape index (κ1) is 9.34. The number of rotatable bonds is 2. The van der Waals surface area contributed by atoms with E-state index in [1.54, 1.807) is 6.92 Å². The molecule has 0 aromatic heterocycles. The zero-order chi connectivity index (χ0) is 7.98. The lowest BCUT2D eigenvalue weighted by atomic mass is 10.4. The normalized spacial score (nSPS) is 11.1. The van der Waals surface area contributed by atoms with Crippen LogP contribution in [0.15, 0.2) is 0 Å². The highest BCUT2D eigenvalue weighted by atomic mass is 32.1. The number of nitrogens with one attached hydrogen (secondary N) is 1. The fourth-order valence-electron chi connectivity index (χ4n) is 0.381. The zero-order valence-electron chi connectivity index (χ0n) is 5.72. The Morgan fingerprint density at radius 1 is 1.90 bits per heavy atom. The van der Waals surface area contributed by atoms with Crippen molar-refractivity contribution in [2.75, 3.05) is 0 Å². The molecule has 0 heterocycles. The Balaban J connectivity index is 3.64. The van der Waals surface area contributed by atoms with Gasteiger partial charge in [0.25, 0.3) is 0 Å². The van der Waals surface area contributed by atoms with Crippen LogP contribution in [0, 0.1) is 11.2 Å². The van der Waals surface area contributed by atoms with E-state index in [0.717, 1.165) is 0 Å². The quantitative estimate of drug-likeness (QED) is 0.293. The lowest BCUT2D eigenvalue weighted by Gasteiger charge is -2.04. The van der Waals surface area contributed by atoms with E-state index in [9.17, 15) is 4.79 Å². The Morgan fingerprint density at radius 2 is 2.50 bits per heavy atom. The second kappa shape index (κ2) is 5.15. The van der Waals surface area contributed by atoms with Crippen LogP contribution in [0.2, 0.25) is 0 Å². The van der Waals surface area contributed by atoms with Gasteiger partial charge in [-0.3, -0.25) is 4.79 Å². The topological polar surface area (TPSA) is 55.1 Å². The van der Waals surface area contributed by atoms with E-state index in [2.05, 4.69) is 29.1 Å². The molecule has 3 nitrogen and oxygen atoms in total. The van der Waals surface area contributed by atoms with Gasteiger partial charge < -0.3 is 11.1 Å². The van der Waals surface area contributed by atoms with Crippen molar-refractivity contribution < 1.29 is 4.79 Å². The molecule has 0 radical (unpaired) electrons. The molecule has 0 aliphatic rings. The fraction of sp³-hybridized carbons (Fsp3) is 0.500. The van der Waals surface area contributed by atoms with Crippen molar-refractivity contribution >= 4 is 18.5 Å². The smallest absolute Gasteiger partial charge is 0.221 e. The molecule has 0 bridgehead atoms. The highest BCUT2D eigenvalue weighted by molar-refractivity contribution is 7.85. The van der Waals surface area contributed by atoms with E-state index in [4.69, 9.17) is 5.73 Å². The van der Waals surface area contributed by atoms with E-state index >= 15 is 0 Å². The van der Waals surface area contributed by atoms with Crippen molar-refractivity contribution in [3.63, 3.8) is 0 Å². The van der Waals surface area contributed by atoms with Gasteiger partial charge in [0.1, 0.15) is 6.17 Å². The Kier molecular flexibility index (Phi) is 4.81. The second-order valence-corrected chi connectivity index (χ2v) is 1.88. The lowest BCUT2D eigenvalue weighted by Crippen LogP contribution is -2.39. The van der Waals surface area contributed by atoms with Gasteiger partial charge in [-0.05, 0) is 5.25 Å². The van der Waals surface area contributed by atoms with Crippen LogP contribution >= 0.6 is 12.6 Å². The SMILES string of the molecule is CCC(=O)NC(N)C#CS. The predicted octanol–water partition coefficient (Wildman–Crippen LogP) is -0.312. The maximum Gasteiger partial charge on any atom is 0.221 e. The monoisotopic (exact) mass is 158 g/mol. The first-order valence-corrected chi connectivity index (χ1v) is 3.35. The molecular formula is C6H10N2OS. The maximum atomic E-state index is 10.6. The number of hydrogen-bond acceptors (Lipinski definition) is 3. The summed E-state index contributed by atoms with van der Waals surface area (Å²) in [4.78, 5) is 10.6. The van der Waals surface area contributed by atoms with Crippen molar-refractivity contribution in [2.45, 2.75) is 19.5 Å². The summed E-state index contributed by atoms with van der Waals surface area (Å²) in [5.74, 6) is 2.36. The molecule has 1 atom stereocenters. The third-order valence-electron chi connectivity index (χ3n) is 0.858. The molecule has 10 heavy (non-hydrogen) atoms. The summed E-state index contributed by atoms with van der Waals surface area (Å²) in [6, 6.07) is 0. The molecule has 0 aromatic carbocycles. The molecule has 0 spiro atoms. The molecule has 0 aromatic rings. The van der Waals surface area contributed by atoms with Crippen molar-refractivity contribution in [3.05, 3.63) is 0 Å². The van der Waals surface area contributed by atoms with E-state index in [-0.39, 0.29) is 5.91 Å². The predicted molar refractivity (Wildman–Crippen MR) is 43.2 cm³/mol. The van der Waals surface area contributed by atoms with E-state index < -0.39 is 6.17 Å². The molecule has 3 N–H and O–H groups in total. The van der Waals surface area contributed by atoms with Gasteiger partial charge in [-0.25, -0.2) is 0 Å². The first-order valence-electron chi connectivity index (χ1n) is 2.90. The van der Waals surface area contributed by atoms with Crippen LogP contribution in [0.4, 0.5) is 0 Å². The zero-order valence-corrected chi connectivity index (χ0v) is 6.61. The van der Waals surface area contributed by atoms with Gasteiger partial charge in [-0.15, -0.1) is 0 Å². The van der Waals surface area contributed by atoms with Gasteiger partial charge in [-0.1, -0.05) is 25.5 Å². The standard InChI is InChI=1S/C6H10N2OS/c1-2-6(9)8-5(7)3-4-10/h5,10H,2,7H2,1H3,(H,8,9). The van der Waals surface area contributed by atoms with Gasteiger partial charge in [0.2, 0.25) is 5.91 Å². The molecule has 56 valence electrons. The highest BCUT2D eigenvalue weighted by Gasteiger charge is 1.99. The Labute approximate surface area is 65.8 Å². The third-order valence-corrected chi connectivity index (χ3v) is 0.987. The van der Waals surface area contributed by atoms with E-state index in [1.807, 2.05) is 0 Å². The molecule has 4 heteroatoms. The molecule has 1 amide bonds. The summed E-state index contributed by atoms with van der Waals surface area (Å²) in [6.07, 6.45) is -0.174. The molecule has 0 rings (SSSR count). The molecule has 0 aliphatic heterocycles. The third kappa shape index (κ3) is 4.24. The second-order valence-electron chi connectivity index (χ2n) is 1.65. The molecule has 1 unspecified atom stereocenters. The largest absolute Gasteiger partial charge is 0.330 e. The Morgan fingerprint density at radius 3 is 2.90 bits per heavy atom. The summed E-state index contributed by atoms with van der Waals surface area (Å²) < 4.78 is 0. The Hall–Kier alpha value is -0.660. The summed E-state index contributed by atoms with van der Waals surface area (Å²) in [6.45, 7) is 1.75. The van der Waals surface area contributed by atoms with Crippen LogP contribution < -0.4 is 11.1 Å². The number of hydrogen-bond donors (Lipinski definition) is 3. The van der Waals surface area contributed by atoms with Crippen molar-refractivity contribution in [3.8, 4) is 11.2 Å². The summed E-state index contributed by atoms with van der Waals surface area (Å²) in [5, 5.41) is 4.75. The van der Waals surface area contributed by atoms with Gasteiger partial charge in [0.15, 0.2) is 0 Å². The fourth-order valence-corrected chi connectivity index (χ4v) is 0.520. The highest BCUT2D eigenvalue weighted by Crippen LogP contribution is 1.76. The van der Waals surface area contributed by atoms with Crippen LogP contribution in [0.3, 0.4) is 0 Å². The van der Waals surface area contributed by atoms with Crippen LogP contribution in [-0.2, 0) is 4.79 Å². The molecule has 0 aliphatic carbocycles. The molecule has 0 fully saturated rings. The first-order chi connectivity index (χ1) is 4.70.